The Kier molecular flexibility index (Phi) is 4.83. The molecule has 4 nitrogen and oxygen atoms in total. The number of nitrogens with zero attached hydrogens (tertiary/aromatic N) is 3. The molecular weight excluding hydrogens is 260 g/mol. The van der Waals surface area contributed by atoms with Crippen LogP contribution in [0.25, 0.3) is 0 Å². The molecule has 0 aromatic heterocycles. The average Bonchev–Trinajstić information content (AvgIpc) is 3.32. The fourth-order valence-corrected chi connectivity index (χ4v) is 3.96. The average molecular weight is 290 g/mol. The van der Waals surface area contributed by atoms with Crippen LogP contribution in [0, 0.1) is 11.3 Å². The second-order valence-corrected chi connectivity index (χ2v) is 7.47. The van der Waals surface area contributed by atoms with Crippen LogP contribution in [0.2, 0.25) is 0 Å². The molecule has 3 fully saturated rings. The Labute approximate surface area is 129 Å². The molecule has 0 spiro atoms. The van der Waals surface area contributed by atoms with E-state index in [1.165, 1.54) is 58.0 Å². The van der Waals surface area contributed by atoms with Gasteiger partial charge < -0.3 is 9.80 Å². The minimum atomic E-state index is -0.362. The summed E-state index contributed by atoms with van der Waals surface area (Å²) < 4.78 is 0. The summed E-state index contributed by atoms with van der Waals surface area (Å²) in [6, 6.07) is 3.90. The van der Waals surface area contributed by atoms with E-state index in [0.717, 1.165) is 25.7 Å². The van der Waals surface area contributed by atoms with Crippen molar-refractivity contribution in [1.29, 1.82) is 5.26 Å². The summed E-state index contributed by atoms with van der Waals surface area (Å²) in [5.41, 5.74) is -0.362. The van der Waals surface area contributed by atoms with E-state index in [1.807, 2.05) is 0 Å². The fourth-order valence-electron chi connectivity index (χ4n) is 3.96. The van der Waals surface area contributed by atoms with Gasteiger partial charge in [-0.3, -0.25) is 5.32 Å². The molecule has 3 aliphatic rings. The molecule has 21 heavy (non-hydrogen) atoms. The normalized spacial score (nSPS) is 29.0. The number of likely N-dealkylation sites (tertiary alicyclic amines) is 2. The first-order chi connectivity index (χ1) is 10.2. The van der Waals surface area contributed by atoms with Crippen molar-refractivity contribution in [2.45, 2.75) is 69.5 Å². The van der Waals surface area contributed by atoms with Crippen LogP contribution in [-0.4, -0.2) is 60.1 Å². The van der Waals surface area contributed by atoms with Crippen molar-refractivity contribution in [1.82, 2.24) is 15.1 Å². The third-order valence-electron chi connectivity index (χ3n) is 5.35. The Balaban J connectivity index is 1.45. The molecule has 0 radical (unpaired) electrons. The lowest BCUT2D eigenvalue weighted by Gasteiger charge is -2.41. The van der Waals surface area contributed by atoms with Crippen LogP contribution in [0.3, 0.4) is 0 Å². The highest BCUT2D eigenvalue weighted by Crippen LogP contribution is 2.25. The first kappa shape index (κ1) is 15.3. The topological polar surface area (TPSA) is 42.3 Å². The molecule has 1 unspecified atom stereocenters. The van der Waals surface area contributed by atoms with Crippen LogP contribution >= 0.6 is 0 Å². The quantitative estimate of drug-likeness (QED) is 0.840. The molecule has 0 aromatic carbocycles. The Hall–Kier alpha value is -0.630. The summed E-state index contributed by atoms with van der Waals surface area (Å²) in [6.07, 6.45) is 9.25. The van der Waals surface area contributed by atoms with Gasteiger partial charge in [-0.2, -0.15) is 5.26 Å². The molecule has 4 heteroatoms. The van der Waals surface area contributed by atoms with Crippen molar-refractivity contribution in [3.63, 3.8) is 0 Å². The van der Waals surface area contributed by atoms with Gasteiger partial charge >= 0.3 is 0 Å². The van der Waals surface area contributed by atoms with Crippen molar-refractivity contribution in [3.05, 3.63) is 0 Å². The van der Waals surface area contributed by atoms with E-state index in [0.29, 0.717) is 6.04 Å². The van der Waals surface area contributed by atoms with Crippen LogP contribution in [0.4, 0.5) is 0 Å². The molecule has 1 saturated carbocycles. The number of hydrogen-bond acceptors (Lipinski definition) is 4. The van der Waals surface area contributed by atoms with E-state index >= 15 is 0 Å². The van der Waals surface area contributed by atoms with Crippen molar-refractivity contribution in [3.8, 4) is 6.07 Å². The van der Waals surface area contributed by atoms with Crippen molar-refractivity contribution < 1.29 is 0 Å². The summed E-state index contributed by atoms with van der Waals surface area (Å²) in [4.78, 5) is 5.21. The molecule has 1 N–H and O–H groups in total. The lowest BCUT2D eigenvalue weighted by atomic mass is 9.97. The molecule has 2 heterocycles. The number of nitrogens with one attached hydrogen (secondary N) is 1. The lowest BCUT2D eigenvalue weighted by Crippen LogP contribution is -2.54. The molecule has 2 aliphatic heterocycles. The number of nitriles is 1. The van der Waals surface area contributed by atoms with E-state index in [2.05, 4.69) is 28.1 Å². The minimum Gasteiger partial charge on any atom is -0.300 e. The first-order valence-corrected chi connectivity index (χ1v) is 8.84. The summed E-state index contributed by atoms with van der Waals surface area (Å²) in [5, 5.41) is 13.0. The van der Waals surface area contributed by atoms with Gasteiger partial charge in [0.1, 0.15) is 5.54 Å². The Bertz CT molecular complexity index is 373. The zero-order valence-corrected chi connectivity index (χ0v) is 13.5. The number of rotatable bonds is 5. The van der Waals surface area contributed by atoms with Crippen molar-refractivity contribution >= 4 is 0 Å². The molecule has 3 rings (SSSR count). The summed E-state index contributed by atoms with van der Waals surface area (Å²) in [5.74, 6) is 0. The van der Waals surface area contributed by atoms with E-state index in [4.69, 9.17) is 0 Å². The maximum Gasteiger partial charge on any atom is 0.116 e. The van der Waals surface area contributed by atoms with Gasteiger partial charge in [-0.15, -0.1) is 0 Å². The first-order valence-electron chi connectivity index (χ1n) is 8.84. The van der Waals surface area contributed by atoms with Gasteiger partial charge in [-0.1, -0.05) is 6.42 Å². The molecular formula is C17H30N4. The fraction of sp³-hybridized carbons (Fsp3) is 0.941. The van der Waals surface area contributed by atoms with Crippen molar-refractivity contribution in [2.75, 3.05) is 32.7 Å². The van der Waals surface area contributed by atoms with Gasteiger partial charge in [-0.05, 0) is 71.6 Å². The van der Waals surface area contributed by atoms with Crippen LogP contribution in [0.1, 0.15) is 51.9 Å². The standard InChI is InChI=1S/C17H30N4/c1-17(13-18,19-15-5-6-15)14-20-11-7-16(8-12-20)21-9-3-2-4-10-21/h15-16,19H,2-12,14H2,1H3. The zero-order chi connectivity index (χ0) is 14.7. The Morgan fingerprint density at radius 2 is 1.71 bits per heavy atom. The van der Waals surface area contributed by atoms with E-state index in [1.54, 1.807) is 0 Å². The van der Waals surface area contributed by atoms with Crippen LogP contribution in [-0.2, 0) is 0 Å². The lowest BCUT2D eigenvalue weighted by molar-refractivity contribution is 0.0841. The highest BCUT2D eigenvalue weighted by Gasteiger charge is 2.35. The summed E-state index contributed by atoms with van der Waals surface area (Å²) in [7, 11) is 0. The van der Waals surface area contributed by atoms with E-state index in [-0.39, 0.29) is 5.54 Å². The van der Waals surface area contributed by atoms with E-state index in [9.17, 15) is 5.26 Å². The second-order valence-electron chi connectivity index (χ2n) is 7.47. The largest absolute Gasteiger partial charge is 0.300 e. The van der Waals surface area contributed by atoms with Crippen LogP contribution in [0.5, 0.6) is 0 Å². The maximum absolute atomic E-state index is 9.50. The molecule has 1 atom stereocenters. The van der Waals surface area contributed by atoms with E-state index < -0.39 is 0 Å². The predicted molar refractivity (Wildman–Crippen MR) is 85.1 cm³/mol. The molecule has 2 saturated heterocycles. The summed E-state index contributed by atoms with van der Waals surface area (Å²) >= 11 is 0. The summed E-state index contributed by atoms with van der Waals surface area (Å²) in [6.45, 7) is 7.89. The number of piperidine rings is 2. The third kappa shape index (κ3) is 4.18. The van der Waals surface area contributed by atoms with Gasteiger partial charge in [0.15, 0.2) is 0 Å². The van der Waals surface area contributed by atoms with Gasteiger partial charge in [0.25, 0.3) is 0 Å². The monoisotopic (exact) mass is 290 g/mol. The predicted octanol–water partition coefficient (Wildman–Crippen LogP) is 1.97. The van der Waals surface area contributed by atoms with Gasteiger partial charge in [-0.25, -0.2) is 0 Å². The molecule has 0 amide bonds. The van der Waals surface area contributed by atoms with Gasteiger partial charge in [0.05, 0.1) is 6.07 Å². The molecule has 0 bridgehead atoms. The Morgan fingerprint density at radius 1 is 1.05 bits per heavy atom. The van der Waals surface area contributed by atoms with Gasteiger partial charge in [0.2, 0.25) is 0 Å². The number of hydrogen-bond donors (Lipinski definition) is 1. The molecule has 118 valence electrons. The smallest absolute Gasteiger partial charge is 0.116 e. The second kappa shape index (κ2) is 6.64. The molecule has 0 aromatic rings. The third-order valence-corrected chi connectivity index (χ3v) is 5.35. The maximum atomic E-state index is 9.50. The van der Waals surface area contributed by atoms with Crippen molar-refractivity contribution in [2.24, 2.45) is 0 Å². The minimum absolute atomic E-state index is 0.362. The van der Waals surface area contributed by atoms with Gasteiger partial charge in [0, 0.05) is 18.6 Å². The highest BCUT2D eigenvalue weighted by atomic mass is 15.2. The highest BCUT2D eigenvalue weighted by molar-refractivity contribution is 5.09. The van der Waals surface area contributed by atoms with Crippen LogP contribution in [0.15, 0.2) is 0 Å². The Morgan fingerprint density at radius 3 is 2.29 bits per heavy atom. The molecule has 1 aliphatic carbocycles. The van der Waals surface area contributed by atoms with Crippen LogP contribution < -0.4 is 5.32 Å². The zero-order valence-electron chi connectivity index (χ0n) is 13.5. The SMILES string of the molecule is CC(C#N)(CN1CCC(N2CCCCC2)CC1)NC1CC1.